The number of hydrogen-bond acceptors (Lipinski definition) is 4. The highest BCUT2D eigenvalue weighted by Crippen LogP contribution is 2.18. The summed E-state index contributed by atoms with van der Waals surface area (Å²) in [5.74, 6) is -0.0874. The van der Waals surface area contributed by atoms with Crippen molar-refractivity contribution in [1.82, 2.24) is 9.80 Å². The number of thiophene rings is 1. The largest absolute Gasteiger partial charge is 0.387 e. The van der Waals surface area contributed by atoms with Crippen molar-refractivity contribution in [2.75, 3.05) is 32.8 Å². The smallest absolute Gasteiger partial charge is 0.248 e. The lowest BCUT2D eigenvalue weighted by molar-refractivity contribution is -0.141. The van der Waals surface area contributed by atoms with Crippen LogP contribution in [0.5, 0.6) is 0 Å². The highest BCUT2D eigenvalue weighted by atomic mass is 32.1. The van der Waals surface area contributed by atoms with Gasteiger partial charge in [0, 0.05) is 37.5 Å². The molecule has 0 saturated carbocycles. The van der Waals surface area contributed by atoms with Crippen LogP contribution in [-0.2, 0) is 16.0 Å². The van der Waals surface area contributed by atoms with Crippen LogP contribution in [0.1, 0.15) is 23.3 Å². The van der Waals surface area contributed by atoms with Crippen LogP contribution in [0, 0.1) is 6.92 Å². The molecule has 1 aliphatic rings. The summed E-state index contributed by atoms with van der Waals surface area (Å²) in [5.41, 5.74) is 1.31. The van der Waals surface area contributed by atoms with Gasteiger partial charge in [0.05, 0.1) is 0 Å². The van der Waals surface area contributed by atoms with Crippen molar-refractivity contribution < 1.29 is 14.7 Å². The summed E-state index contributed by atoms with van der Waals surface area (Å²) in [6.07, 6.45) is 2.39. The molecule has 1 aromatic heterocycles. The number of carbonyl (C=O) groups excluding carboxylic acids is 2. The Kier molecular flexibility index (Phi) is 5.76. The lowest BCUT2D eigenvalue weighted by atomic mass is 10.1. The maximum absolute atomic E-state index is 12.1. The normalized spacial score (nSPS) is 15.3. The van der Waals surface area contributed by atoms with Crippen LogP contribution in [0.25, 0.3) is 0 Å². The molecule has 0 aliphatic carbocycles. The summed E-state index contributed by atoms with van der Waals surface area (Å²) < 4.78 is 0. The molecule has 116 valence electrons. The lowest BCUT2D eigenvalue weighted by Gasteiger charge is -2.34. The highest BCUT2D eigenvalue weighted by Gasteiger charge is 2.23. The molecule has 2 heterocycles. The Bertz CT molecular complexity index is 493. The number of piperazine rings is 1. The fourth-order valence-corrected chi connectivity index (χ4v) is 3.48. The zero-order chi connectivity index (χ0) is 15.2. The van der Waals surface area contributed by atoms with Crippen LogP contribution >= 0.6 is 11.3 Å². The first-order valence-corrected chi connectivity index (χ1v) is 8.19. The molecular formula is C15H22N2O3S. The number of hydrogen-bond donors (Lipinski definition) is 1. The molecule has 1 N–H and O–H groups in total. The average molecular weight is 310 g/mol. The van der Waals surface area contributed by atoms with Crippen LogP contribution in [0.3, 0.4) is 0 Å². The quantitative estimate of drug-likeness (QED) is 0.884. The van der Waals surface area contributed by atoms with Gasteiger partial charge < -0.3 is 14.9 Å². The van der Waals surface area contributed by atoms with Crippen molar-refractivity contribution >= 4 is 23.2 Å². The molecular weight excluding hydrogens is 288 g/mol. The molecule has 2 amide bonds. The Morgan fingerprint density at radius 1 is 1.19 bits per heavy atom. The van der Waals surface area contributed by atoms with Gasteiger partial charge >= 0.3 is 0 Å². The molecule has 0 spiro atoms. The van der Waals surface area contributed by atoms with E-state index in [1.54, 1.807) is 16.2 Å². The van der Waals surface area contributed by atoms with E-state index in [-0.39, 0.29) is 11.8 Å². The van der Waals surface area contributed by atoms with E-state index < -0.39 is 6.61 Å². The minimum absolute atomic E-state index is 0.167. The average Bonchev–Trinajstić information content (AvgIpc) is 2.92. The number of nitrogens with zero attached hydrogens (tertiary/aromatic N) is 2. The molecule has 0 atom stereocenters. The van der Waals surface area contributed by atoms with E-state index in [4.69, 9.17) is 5.11 Å². The second kappa shape index (κ2) is 7.56. The summed E-state index contributed by atoms with van der Waals surface area (Å²) in [6, 6.07) is 2.11. The molecule has 1 fully saturated rings. The summed E-state index contributed by atoms with van der Waals surface area (Å²) in [6.45, 7) is 3.84. The van der Waals surface area contributed by atoms with E-state index in [0.29, 0.717) is 32.6 Å². The highest BCUT2D eigenvalue weighted by molar-refractivity contribution is 7.10. The van der Waals surface area contributed by atoms with Crippen molar-refractivity contribution in [3.8, 4) is 0 Å². The first kappa shape index (κ1) is 16.0. The van der Waals surface area contributed by atoms with Gasteiger partial charge in [-0.25, -0.2) is 0 Å². The summed E-state index contributed by atoms with van der Waals surface area (Å²) >= 11 is 1.75. The van der Waals surface area contributed by atoms with Crippen LogP contribution in [0.15, 0.2) is 11.4 Å². The SMILES string of the molecule is Cc1ccsc1CCCC(=O)N1CCN(C(=O)CO)CC1. The van der Waals surface area contributed by atoms with Gasteiger partial charge in [0.15, 0.2) is 0 Å². The third-order valence-corrected chi connectivity index (χ3v) is 4.97. The Morgan fingerprint density at radius 3 is 2.33 bits per heavy atom. The minimum Gasteiger partial charge on any atom is -0.387 e. The van der Waals surface area contributed by atoms with E-state index in [1.807, 2.05) is 4.90 Å². The maximum atomic E-state index is 12.1. The zero-order valence-corrected chi connectivity index (χ0v) is 13.2. The van der Waals surface area contributed by atoms with E-state index >= 15 is 0 Å². The number of aliphatic hydroxyl groups is 1. The lowest BCUT2D eigenvalue weighted by Crippen LogP contribution is -2.51. The van der Waals surface area contributed by atoms with Gasteiger partial charge in [0.2, 0.25) is 11.8 Å². The van der Waals surface area contributed by atoms with Gasteiger partial charge in [-0.05, 0) is 36.8 Å². The topological polar surface area (TPSA) is 60.9 Å². The van der Waals surface area contributed by atoms with Gasteiger partial charge in [0.1, 0.15) is 6.61 Å². The summed E-state index contributed by atoms with van der Waals surface area (Å²) in [5, 5.41) is 10.9. The molecule has 1 aromatic rings. The molecule has 5 nitrogen and oxygen atoms in total. The minimum atomic E-state index is -0.450. The molecule has 0 bridgehead atoms. The maximum Gasteiger partial charge on any atom is 0.248 e. The van der Waals surface area contributed by atoms with Gasteiger partial charge in [-0.2, -0.15) is 0 Å². The Hall–Kier alpha value is -1.40. The van der Waals surface area contributed by atoms with E-state index in [1.165, 1.54) is 10.4 Å². The predicted molar refractivity (Wildman–Crippen MR) is 82.2 cm³/mol. The first-order valence-electron chi connectivity index (χ1n) is 7.31. The fraction of sp³-hybridized carbons (Fsp3) is 0.600. The van der Waals surface area contributed by atoms with Crippen molar-refractivity contribution in [2.24, 2.45) is 0 Å². The molecule has 1 saturated heterocycles. The monoisotopic (exact) mass is 310 g/mol. The summed E-state index contributed by atoms with van der Waals surface area (Å²) in [7, 11) is 0. The second-order valence-electron chi connectivity index (χ2n) is 5.30. The number of aliphatic hydroxyl groups excluding tert-OH is 1. The van der Waals surface area contributed by atoms with E-state index in [2.05, 4.69) is 18.4 Å². The molecule has 2 rings (SSSR count). The Morgan fingerprint density at radius 2 is 1.81 bits per heavy atom. The Balaban J connectivity index is 1.70. The van der Waals surface area contributed by atoms with Crippen LogP contribution < -0.4 is 0 Å². The third kappa shape index (κ3) is 4.28. The van der Waals surface area contributed by atoms with Crippen molar-refractivity contribution in [3.63, 3.8) is 0 Å². The van der Waals surface area contributed by atoms with Gasteiger partial charge in [-0.15, -0.1) is 11.3 Å². The van der Waals surface area contributed by atoms with Gasteiger partial charge in [0.25, 0.3) is 0 Å². The van der Waals surface area contributed by atoms with Crippen LogP contribution in [-0.4, -0.2) is 59.5 Å². The van der Waals surface area contributed by atoms with E-state index in [0.717, 1.165) is 12.8 Å². The first-order chi connectivity index (χ1) is 10.1. The predicted octanol–water partition coefficient (Wildman–Crippen LogP) is 1.04. The molecule has 0 aromatic carbocycles. The van der Waals surface area contributed by atoms with Gasteiger partial charge in [-0.1, -0.05) is 0 Å². The van der Waals surface area contributed by atoms with Crippen molar-refractivity contribution in [2.45, 2.75) is 26.2 Å². The standard InChI is InChI=1S/C15H22N2O3S/c1-12-5-10-21-13(12)3-2-4-14(19)16-6-8-17(9-7-16)15(20)11-18/h5,10,18H,2-4,6-9,11H2,1H3. The molecule has 6 heteroatoms. The molecule has 1 aliphatic heterocycles. The van der Waals surface area contributed by atoms with Gasteiger partial charge in [-0.3, -0.25) is 9.59 Å². The van der Waals surface area contributed by atoms with Crippen molar-refractivity contribution in [1.29, 1.82) is 0 Å². The Labute approximate surface area is 129 Å². The van der Waals surface area contributed by atoms with Crippen LogP contribution in [0.4, 0.5) is 0 Å². The summed E-state index contributed by atoms with van der Waals surface area (Å²) in [4.78, 5) is 28.3. The molecule has 21 heavy (non-hydrogen) atoms. The number of carbonyl (C=O) groups is 2. The second-order valence-corrected chi connectivity index (χ2v) is 6.30. The van der Waals surface area contributed by atoms with E-state index in [9.17, 15) is 9.59 Å². The zero-order valence-electron chi connectivity index (χ0n) is 12.4. The molecule has 0 unspecified atom stereocenters. The number of aryl methyl sites for hydroxylation is 2. The molecule has 0 radical (unpaired) electrons. The number of amides is 2. The third-order valence-electron chi connectivity index (χ3n) is 3.88. The van der Waals surface area contributed by atoms with Crippen molar-refractivity contribution in [3.05, 3.63) is 21.9 Å². The fourth-order valence-electron chi connectivity index (χ4n) is 2.52. The number of rotatable bonds is 5. The van der Waals surface area contributed by atoms with Crippen LogP contribution in [0.2, 0.25) is 0 Å².